The second-order valence-electron chi connectivity index (χ2n) is 8.65. The maximum atomic E-state index is 12.9. The number of nitrogens with one attached hydrogen (secondary N) is 2. The largest absolute Gasteiger partial charge is 0.393 e. The monoisotopic (exact) mass is 488 g/mol. The van der Waals surface area contributed by atoms with Gasteiger partial charge in [0.15, 0.2) is 0 Å². The Morgan fingerprint density at radius 1 is 1.29 bits per heavy atom. The van der Waals surface area contributed by atoms with Crippen molar-refractivity contribution in [2.45, 2.75) is 50.5 Å². The van der Waals surface area contributed by atoms with E-state index in [1.54, 1.807) is 0 Å². The van der Waals surface area contributed by atoms with E-state index < -0.39 is 12.6 Å². The topological polar surface area (TPSA) is 79.6 Å². The third-order valence-corrected chi connectivity index (χ3v) is 7.32. The molecule has 2 aliphatic rings. The van der Waals surface area contributed by atoms with Crippen molar-refractivity contribution in [2.24, 2.45) is 9.98 Å². The Hall–Kier alpha value is -2.77. The fourth-order valence-corrected chi connectivity index (χ4v) is 5.45. The van der Waals surface area contributed by atoms with Crippen molar-refractivity contribution >= 4 is 34.8 Å². The van der Waals surface area contributed by atoms with Crippen molar-refractivity contribution in [3.63, 3.8) is 0 Å². The van der Waals surface area contributed by atoms with E-state index in [1.165, 1.54) is 24.2 Å². The lowest BCUT2D eigenvalue weighted by Gasteiger charge is -2.28. The molecular weight excluding hydrogens is 461 g/mol. The van der Waals surface area contributed by atoms with Gasteiger partial charge < -0.3 is 15.2 Å². The highest BCUT2D eigenvalue weighted by Crippen LogP contribution is 2.32. The average molecular weight is 489 g/mol. The first-order chi connectivity index (χ1) is 16.3. The molecule has 2 heterocycles. The van der Waals surface area contributed by atoms with Crippen molar-refractivity contribution in [3.8, 4) is 6.07 Å². The Morgan fingerprint density at radius 2 is 2.15 bits per heavy atom. The van der Waals surface area contributed by atoms with E-state index in [9.17, 15) is 13.2 Å². The van der Waals surface area contributed by atoms with Gasteiger partial charge in [0.05, 0.1) is 18.7 Å². The van der Waals surface area contributed by atoms with Gasteiger partial charge in [0, 0.05) is 36.6 Å². The van der Waals surface area contributed by atoms with Gasteiger partial charge in [-0.15, -0.1) is 11.8 Å². The number of rotatable bonds is 5. The highest BCUT2D eigenvalue weighted by Gasteiger charge is 2.31. The summed E-state index contributed by atoms with van der Waals surface area (Å²) in [4.78, 5) is 14.0. The molecule has 1 aliphatic heterocycles. The summed E-state index contributed by atoms with van der Waals surface area (Å²) in [5.41, 5.74) is 2.66. The van der Waals surface area contributed by atoms with Crippen LogP contribution in [0, 0.1) is 11.3 Å². The van der Waals surface area contributed by atoms with Crippen LogP contribution in [0.1, 0.15) is 36.9 Å². The lowest BCUT2D eigenvalue weighted by atomic mass is 10.1. The van der Waals surface area contributed by atoms with Crippen LogP contribution in [-0.2, 0) is 6.54 Å². The van der Waals surface area contributed by atoms with Crippen molar-refractivity contribution in [1.29, 1.82) is 5.26 Å². The molecule has 10 heteroatoms. The maximum absolute atomic E-state index is 12.9. The van der Waals surface area contributed by atoms with Crippen LogP contribution in [0.4, 0.5) is 13.2 Å². The van der Waals surface area contributed by atoms with Crippen LogP contribution >= 0.6 is 11.8 Å². The number of hydrogen-bond donors (Lipinski definition) is 2. The number of benzene rings is 1. The molecule has 1 aromatic heterocycles. The second kappa shape index (κ2) is 10.7. The van der Waals surface area contributed by atoms with Crippen molar-refractivity contribution < 1.29 is 13.2 Å². The number of H-pyrrole nitrogens is 1. The first kappa shape index (κ1) is 24.4. The van der Waals surface area contributed by atoms with E-state index in [4.69, 9.17) is 5.26 Å². The van der Waals surface area contributed by atoms with E-state index >= 15 is 0 Å². The molecule has 180 valence electrons. The molecule has 0 saturated heterocycles. The van der Waals surface area contributed by atoms with Crippen LogP contribution in [0.2, 0.25) is 0 Å². The number of hydrogen-bond acceptors (Lipinski definition) is 6. The number of aliphatic imine (C=N–C) groups is 2. The number of allylic oxidation sites excluding steroid dienone is 1. The number of aromatic nitrogens is 1. The summed E-state index contributed by atoms with van der Waals surface area (Å²) < 4.78 is 38.6. The molecule has 34 heavy (non-hydrogen) atoms. The predicted octanol–water partition coefficient (Wildman–Crippen LogP) is 4.99. The number of fused-ring (bicyclic) bond motifs is 1. The standard InChI is InChI=1S/C24H27F3N6S/c1-33(23-14-34-21(11-24(25,26)27)6-7-29-15-31-23)20-4-3-18(10-20)30-13-16-2-5-22-17(8-16)9-19(12-28)32-22/h2,5-6,8-9,15,18,20,30,32H,3-4,7,10-11,13-14H2,1H3/b21-6-,29-15-,31-23+. The van der Waals surface area contributed by atoms with Crippen LogP contribution in [0.15, 0.2) is 45.2 Å². The summed E-state index contributed by atoms with van der Waals surface area (Å²) in [6.45, 7) is 0.944. The van der Waals surface area contributed by atoms with Gasteiger partial charge in [-0.25, -0.2) is 4.99 Å². The molecule has 2 aromatic rings. The minimum atomic E-state index is -4.23. The maximum Gasteiger partial charge on any atom is 0.393 e. The zero-order valence-corrected chi connectivity index (χ0v) is 19.7. The minimum absolute atomic E-state index is 0.209. The Bertz CT molecular complexity index is 1140. The van der Waals surface area contributed by atoms with Crippen LogP contribution in [0.3, 0.4) is 0 Å². The van der Waals surface area contributed by atoms with Gasteiger partial charge in [-0.1, -0.05) is 12.1 Å². The van der Waals surface area contributed by atoms with E-state index in [1.807, 2.05) is 19.2 Å². The summed E-state index contributed by atoms with van der Waals surface area (Å²) >= 11 is 1.20. The quantitative estimate of drug-likeness (QED) is 0.621. The van der Waals surface area contributed by atoms with Crippen molar-refractivity contribution in [1.82, 2.24) is 15.2 Å². The Kier molecular flexibility index (Phi) is 7.63. The molecule has 0 amide bonds. The van der Waals surface area contributed by atoms with Crippen molar-refractivity contribution in [2.75, 3.05) is 19.3 Å². The zero-order valence-electron chi connectivity index (χ0n) is 18.9. The first-order valence-electron chi connectivity index (χ1n) is 11.2. The van der Waals surface area contributed by atoms with Gasteiger partial charge in [0.2, 0.25) is 0 Å². The minimum Gasteiger partial charge on any atom is -0.359 e. The molecule has 2 atom stereocenters. The number of alkyl halides is 3. The van der Waals surface area contributed by atoms with Gasteiger partial charge in [-0.3, -0.25) is 4.99 Å². The molecule has 1 fully saturated rings. The third kappa shape index (κ3) is 6.42. The van der Waals surface area contributed by atoms with Crippen LogP contribution < -0.4 is 5.32 Å². The van der Waals surface area contributed by atoms with Gasteiger partial charge >= 0.3 is 6.18 Å². The molecule has 1 aromatic carbocycles. The van der Waals surface area contributed by atoms with E-state index in [-0.39, 0.29) is 12.6 Å². The lowest BCUT2D eigenvalue weighted by molar-refractivity contribution is -0.125. The van der Waals surface area contributed by atoms with Gasteiger partial charge in [-0.05, 0) is 47.9 Å². The van der Waals surface area contributed by atoms with E-state index in [0.717, 1.165) is 48.1 Å². The second-order valence-corrected chi connectivity index (χ2v) is 9.75. The molecule has 0 spiro atoms. The number of nitrogens with zero attached hydrogens (tertiary/aromatic N) is 4. The molecule has 0 radical (unpaired) electrons. The zero-order chi connectivity index (χ0) is 24.1. The molecule has 2 unspecified atom stereocenters. The number of halogens is 3. The number of thioether (sulfide) groups is 1. The molecule has 2 N–H and O–H groups in total. The Labute approximate surface area is 201 Å². The number of nitriles is 1. The molecular formula is C24H27F3N6S. The fourth-order valence-electron chi connectivity index (χ4n) is 4.40. The Morgan fingerprint density at radius 3 is 2.94 bits per heavy atom. The van der Waals surface area contributed by atoms with Crippen LogP contribution in [-0.4, -0.2) is 59.7 Å². The SMILES string of the molecule is CN(/C1=N/C=N\C/C=C(/CC(F)(F)F)SC1)C1CCC(NCc2ccc3[nH]c(C#N)cc3c2)C1. The number of aromatic amines is 1. The third-order valence-electron chi connectivity index (χ3n) is 6.23. The summed E-state index contributed by atoms with van der Waals surface area (Å²) in [6.07, 6.45) is 0.789. The van der Waals surface area contributed by atoms with Gasteiger partial charge in [0.25, 0.3) is 0 Å². The van der Waals surface area contributed by atoms with Crippen molar-refractivity contribution in [3.05, 3.63) is 46.5 Å². The highest BCUT2D eigenvalue weighted by atomic mass is 32.2. The average Bonchev–Trinajstić information content (AvgIpc) is 3.45. The van der Waals surface area contributed by atoms with E-state index in [2.05, 4.69) is 43.4 Å². The molecule has 6 nitrogen and oxygen atoms in total. The first-order valence-corrected chi connectivity index (χ1v) is 12.2. The van der Waals surface area contributed by atoms with Gasteiger partial charge in [0.1, 0.15) is 23.9 Å². The smallest absolute Gasteiger partial charge is 0.359 e. The summed E-state index contributed by atoms with van der Waals surface area (Å²) in [5, 5.41) is 13.7. The number of amidine groups is 1. The normalized spacial score (nSPS) is 25.4. The predicted molar refractivity (Wildman–Crippen MR) is 131 cm³/mol. The van der Waals surface area contributed by atoms with E-state index in [0.29, 0.717) is 22.4 Å². The molecule has 1 aliphatic carbocycles. The summed E-state index contributed by atoms with van der Waals surface area (Å²) in [6, 6.07) is 10.7. The Balaban J connectivity index is 1.31. The molecule has 1 saturated carbocycles. The van der Waals surface area contributed by atoms with Crippen LogP contribution in [0.25, 0.3) is 10.9 Å². The summed E-state index contributed by atoms with van der Waals surface area (Å²) in [5.74, 6) is 1.14. The fraction of sp³-hybridized carbons (Fsp3) is 0.458. The molecule has 4 rings (SSSR count). The summed E-state index contributed by atoms with van der Waals surface area (Å²) in [7, 11) is 1.97. The lowest BCUT2D eigenvalue weighted by Crippen LogP contribution is -2.38. The van der Waals surface area contributed by atoms with Gasteiger partial charge in [-0.2, -0.15) is 18.4 Å². The molecule has 0 bridgehead atoms. The highest BCUT2D eigenvalue weighted by molar-refractivity contribution is 8.03. The van der Waals surface area contributed by atoms with Crippen LogP contribution in [0.5, 0.6) is 0 Å².